The van der Waals surface area contributed by atoms with Crippen LogP contribution in [0.4, 0.5) is 11.4 Å². The molecule has 0 aromatic heterocycles. The van der Waals surface area contributed by atoms with E-state index in [2.05, 4.69) is 10.0 Å². The van der Waals surface area contributed by atoms with Crippen LogP contribution in [0.1, 0.15) is 6.92 Å². The second-order valence-electron chi connectivity index (χ2n) is 4.53. The lowest BCUT2D eigenvalue weighted by molar-refractivity contribution is -0.114. The zero-order chi connectivity index (χ0) is 17.9. The van der Waals surface area contributed by atoms with Crippen molar-refractivity contribution in [1.29, 1.82) is 0 Å². The summed E-state index contributed by atoms with van der Waals surface area (Å²) in [6, 6.07) is 7.11. The molecule has 24 heavy (non-hydrogen) atoms. The van der Waals surface area contributed by atoms with Gasteiger partial charge in [-0.2, -0.15) is 4.21 Å². The van der Waals surface area contributed by atoms with Crippen molar-refractivity contribution in [2.75, 3.05) is 10.0 Å². The highest BCUT2D eigenvalue weighted by Crippen LogP contribution is 2.35. The van der Waals surface area contributed by atoms with E-state index in [1.807, 2.05) is 0 Å². The first kappa shape index (κ1) is 18.7. The molecule has 3 N–H and O–H groups in total. The smallest absolute Gasteiger partial charge is 0.316 e. The van der Waals surface area contributed by atoms with Crippen LogP contribution in [0.2, 0.25) is 15.1 Å². The number of rotatable bonds is 5. The summed E-state index contributed by atoms with van der Waals surface area (Å²) < 4.78 is 19.7. The van der Waals surface area contributed by atoms with E-state index in [-0.39, 0.29) is 32.5 Å². The number of phenolic OH excluding ortho intramolecular Hbond substituents is 1. The highest BCUT2D eigenvalue weighted by Gasteiger charge is 2.11. The van der Waals surface area contributed by atoms with E-state index in [0.29, 0.717) is 11.4 Å². The summed E-state index contributed by atoms with van der Waals surface area (Å²) in [5, 5.41) is 12.3. The number of carbonyl (C=O) groups excluding carboxylic acids is 1. The van der Waals surface area contributed by atoms with Gasteiger partial charge in [-0.3, -0.25) is 9.52 Å². The van der Waals surface area contributed by atoms with Gasteiger partial charge in [0, 0.05) is 13.0 Å². The van der Waals surface area contributed by atoms with Gasteiger partial charge in [-0.05, 0) is 24.3 Å². The van der Waals surface area contributed by atoms with Gasteiger partial charge < -0.3 is 14.6 Å². The third kappa shape index (κ3) is 4.91. The van der Waals surface area contributed by atoms with Crippen LogP contribution < -0.4 is 14.2 Å². The molecule has 2 aromatic carbocycles. The number of hydrogen-bond acceptors (Lipinski definition) is 4. The van der Waals surface area contributed by atoms with Gasteiger partial charge in [0.05, 0.1) is 26.4 Å². The number of nitrogens with one attached hydrogen (secondary N) is 2. The van der Waals surface area contributed by atoms with Gasteiger partial charge in [0.25, 0.3) is 0 Å². The van der Waals surface area contributed by atoms with Crippen molar-refractivity contribution in [2.45, 2.75) is 6.92 Å². The molecule has 0 saturated carbocycles. The lowest BCUT2D eigenvalue weighted by Gasteiger charge is -2.10. The predicted molar refractivity (Wildman–Crippen MR) is 96.3 cm³/mol. The highest BCUT2D eigenvalue weighted by atomic mass is 35.5. The monoisotopic (exact) mass is 408 g/mol. The molecule has 0 aliphatic rings. The van der Waals surface area contributed by atoms with Crippen molar-refractivity contribution in [1.82, 2.24) is 0 Å². The lowest BCUT2D eigenvalue weighted by atomic mass is 10.3. The van der Waals surface area contributed by atoms with E-state index in [0.717, 1.165) is 0 Å². The summed E-state index contributed by atoms with van der Waals surface area (Å²) in [5.74, 6) is -0.316. The molecule has 1 amide bonds. The summed E-state index contributed by atoms with van der Waals surface area (Å²) in [4.78, 5) is 11.0. The van der Waals surface area contributed by atoms with Gasteiger partial charge in [-0.25, -0.2) is 0 Å². The van der Waals surface area contributed by atoms with Gasteiger partial charge >= 0.3 is 11.3 Å². The number of aromatic hydroxyl groups is 1. The Morgan fingerprint density at radius 2 is 1.75 bits per heavy atom. The fourth-order valence-corrected chi connectivity index (χ4v) is 3.00. The first-order chi connectivity index (χ1) is 11.3. The van der Waals surface area contributed by atoms with E-state index < -0.39 is 11.3 Å². The second-order valence-corrected chi connectivity index (χ2v) is 6.59. The number of halogens is 3. The van der Waals surface area contributed by atoms with Crippen LogP contribution in [0.15, 0.2) is 30.3 Å². The molecule has 0 aliphatic carbocycles. The molecular formula is C14H11Cl3N2O4S. The Kier molecular flexibility index (Phi) is 6.17. The molecular weight excluding hydrogens is 399 g/mol. The molecule has 2 aromatic rings. The first-order valence-electron chi connectivity index (χ1n) is 6.38. The number of benzene rings is 2. The summed E-state index contributed by atoms with van der Waals surface area (Å²) in [7, 11) is 0. The van der Waals surface area contributed by atoms with Crippen molar-refractivity contribution in [3.8, 4) is 11.5 Å². The molecule has 0 fully saturated rings. The molecule has 0 radical (unpaired) electrons. The molecule has 10 heteroatoms. The maximum atomic E-state index is 12.0. The quantitative estimate of drug-likeness (QED) is 0.639. The first-order valence-corrected chi connectivity index (χ1v) is 8.59. The Balaban J connectivity index is 2.07. The van der Waals surface area contributed by atoms with Gasteiger partial charge in [0.2, 0.25) is 5.91 Å². The van der Waals surface area contributed by atoms with Gasteiger partial charge in [-0.15, -0.1) is 0 Å². The van der Waals surface area contributed by atoms with Crippen molar-refractivity contribution >= 4 is 63.4 Å². The number of carbonyl (C=O) groups is 1. The SMILES string of the molecule is CC(=O)Nc1ccc(OS(=O)Nc2cc(Cl)c(O)c(Cl)c2)cc1Cl. The Morgan fingerprint density at radius 3 is 2.29 bits per heavy atom. The number of phenols is 1. The molecule has 1 unspecified atom stereocenters. The minimum atomic E-state index is -1.97. The third-order valence-electron chi connectivity index (χ3n) is 2.64. The minimum absolute atomic E-state index is 0.00436. The lowest BCUT2D eigenvalue weighted by Crippen LogP contribution is -2.11. The highest BCUT2D eigenvalue weighted by molar-refractivity contribution is 7.81. The largest absolute Gasteiger partial charge is 0.505 e. The normalized spacial score (nSPS) is 11.7. The molecule has 0 aliphatic heterocycles. The zero-order valence-corrected chi connectivity index (χ0v) is 15.2. The van der Waals surface area contributed by atoms with Crippen molar-refractivity contribution in [3.05, 3.63) is 45.4 Å². The van der Waals surface area contributed by atoms with E-state index in [4.69, 9.17) is 39.0 Å². The topological polar surface area (TPSA) is 87.7 Å². The van der Waals surface area contributed by atoms with Crippen LogP contribution >= 0.6 is 34.8 Å². The maximum Gasteiger partial charge on any atom is 0.316 e. The van der Waals surface area contributed by atoms with Gasteiger partial charge in [-0.1, -0.05) is 34.8 Å². The van der Waals surface area contributed by atoms with Crippen LogP contribution in [-0.4, -0.2) is 15.2 Å². The zero-order valence-electron chi connectivity index (χ0n) is 12.1. The van der Waals surface area contributed by atoms with Crippen molar-refractivity contribution in [2.24, 2.45) is 0 Å². The third-order valence-corrected chi connectivity index (χ3v) is 4.28. The van der Waals surface area contributed by atoms with Crippen LogP contribution in [0.3, 0.4) is 0 Å². The average Bonchev–Trinajstić information content (AvgIpc) is 2.47. The molecule has 0 bridgehead atoms. The summed E-state index contributed by atoms with van der Waals surface area (Å²) >= 11 is 15.6. The predicted octanol–water partition coefficient (Wildman–Crippen LogP) is 4.38. The van der Waals surface area contributed by atoms with E-state index in [1.165, 1.54) is 37.3 Å². The number of hydrogen-bond donors (Lipinski definition) is 3. The standard InChI is InChI=1S/C14H11Cl3N2O4S/c1-7(20)18-13-3-2-9(6-10(13)15)23-24(22)19-8-4-11(16)14(21)12(17)5-8/h2-6,19,21H,1H3,(H,18,20). The maximum absolute atomic E-state index is 12.0. The minimum Gasteiger partial charge on any atom is -0.505 e. The van der Waals surface area contributed by atoms with Gasteiger partial charge in [0.15, 0.2) is 5.75 Å². The molecule has 0 spiro atoms. The molecule has 6 nitrogen and oxygen atoms in total. The Hall–Kier alpha value is -1.67. The van der Waals surface area contributed by atoms with E-state index in [1.54, 1.807) is 0 Å². The number of anilines is 2. The molecule has 128 valence electrons. The van der Waals surface area contributed by atoms with Crippen molar-refractivity contribution in [3.63, 3.8) is 0 Å². The van der Waals surface area contributed by atoms with Gasteiger partial charge in [0.1, 0.15) is 5.75 Å². The number of amides is 1. The fraction of sp³-hybridized carbons (Fsp3) is 0.0714. The fourth-order valence-electron chi connectivity index (χ4n) is 1.67. The summed E-state index contributed by atoms with van der Waals surface area (Å²) in [6.45, 7) is 1.35. The second kappa shape index (κ2) is 7.94. The van der Waals surface area contributed by atoms with E-state index >= 15 is 0 Å². The van der Waals surface area contributed by atoms with Crippen LogP contribution in [0.5, 0.6) is 11.5 Å². The Bertz CT molecular complexity index is 794. The van der Waals surface area contributed by atoms with Crippen LogP contribution in [0, 0.1) is 0 Å². The summed E-state index contributed by atoms with van der Waals surface area (Å²) in [6.07, 6.45) is 0. The average molecular weight is 410 g/mol. The van der Waals surface area contributed by atoms with E-state index in [9.17, 15) is 14.1 Å². The molecule has 1 atom stereocenters. The molecule has 2 rings (SSSR count). The molecule has 0 heterocycles. The Morgan fingerprint density at radius 1 is 1.12 bits per heavy atom. The molecule has 0 saturated heterocycles. The summed E-state index contributed by atoms with van der Waals surface area (Å²) in [5.41, 5.74) is 0.703. The van der Waals surface area contributed by atoms with Crippen molar-refractivity contribution < 1.29 is 18.3 Å². The Labute approximate surface area is 155 Å². The van der Waals surface area contributed by atoms with Crippen LogP contribution in [-0.2, 0) is 16.1 Å². The van der Waals surface area contributed by atoms with Crippen LogP contribution in [0.25, 0.3) is 0 Å².